The second-order valence-corrected chi connectivity index (χ2v) is 8.31. The smallest absolute Gasteiger partial charge is 0.351 e. The van der Waals surface area contributed by atoms with E-state index in [9.17, 15) is 4.79 Å². The number of anilines is 2. The van der Waals surface area contributed by atoms with E-state index >= 15 is 0 Å². The molecule has 1 saturated heterocycles. The summed E-state index contributed by atoms with van der Waals surface area (Å²) in [5.41, 5.74) is 1.59. The molecule has 0 aliphatic carbocycles. The van der Waals surface area contributed by atoms with Crippen molar-refractivity contribution in [3.05, 3.63) is 36.5 Å². The van der Waals surface area contributed by atoms with Crippen molar-refractivity contribution in [2.24, 2.45) is 0 Å². The summed E-state index contributed by atoms with van der Waals surface area (Å²) in [6.07, 6.45) is 8.89. The summed E-state index contributed by atoms with van der Waals surface area (Å²) in [5, 5.41) is 8.78. The van der Waals surface area contributed by atoms with Crippen LogP contribution in [0.3, 0.4) is 0 Å². The molecule has 1 amide bonds. The van der Waals surface area contributed by atoms with Crippen molar-refractivity contribution in [1.82, 2.24) is 29.5 Å². The predicted molar refractivity (Wildman–Crippen MR) is 117 cm³/mol. The summed E-state index contributed by atoms with van der Waals surface area (Å²) >= 11 is 2.35. The fourth-order valence-electron chi connectivity index (χ4n) is 3.74. The Bertz CT molecular complexity index is 1020. The van der Waals surface area contributed by atoms with Crippen molar-refractivity contribution in [3.8, 4) is 11.4 Å². The zero-order chi connectivity index (χ0) is 19.8. The largest absolute Gasteiger partial charge is 0.357 e. The number of hydrogen-bond acceptors (Lipinski definition) is 6. The molecule has 0 aromatic carbocycles. The van der Waals surface area contributed by atoms with Crippen LogP contribution in [0.4, 0.5) is 16.3 Å². The van der Waals surface area contributed by atoms with Crippen molar-refractivity contribution >= 4 is 40.1 Å². The molecule has 0 unspecified atom stereocenters. The Morgan fingerprint density at radius 2 is 2.00 bits per heavy atom. The number of alkyl halides is 1. The lowest BCUT2D eigenvalue weighted by Gasteiger charge is -2.15. The minimum Gasteiger partial charge on any atom is -0.357 e. The summed E-state index contributed by atoms with van der Waals surface area (Å²) in [6, 6.07) is 3.78. The van der Waals surface area contributed by atoms with Gasteiger partial charge in [-0.1, -0.05) is 22.6 Å². The fourth-order valence-corrected chi connectivity index (χ4v) is 4.08. The number of carbonyl (C=O) groups is 1. The van der Waals surface area contributed by atoms with E-state index in [-0.39, 0.29) is 6.03 Å². The fraction of sp³-hybridized carbons (Fsp3) is 0.421. The quantitative estimate of drug-likeness (QED) is 0.379. The Morgan fingerprint density at radius 3 is 2.72 bits per heavy atom. The van der Waals surface area contributed by atoms with Crippen LogP contribution in [-0.4, -0.2) is 53.1 Å². The summed E-state index contributed by atoms with van der Waals surface area (Å²) in [5.74, 6) is 2.15. The first kappa shape index (κ1) is 18.5. The number of carbonyl (C=O) groups excluding carboxylic acids is 1. The average molecular weight is 504 g/mol. The number of pyridine rings is 1. The third kappa shape index (κ3) is 3.49. The van der Waals surface area contributed by atoms with Gasteiger partial charge in [-0.25, -0.2) is 14.8 Å². The van der Waals surface area contributed by atoms with E-state index in [1.54, 1.807) is 17.3 Å². The van der Waals surface area contributed by atoms with Gasteiger partial charge in [0.25, 0.3) is 0 Å². The summed E-state index contributed by atoms with van der Waals surface area (Å²) < 4.78 is 4.33. The molecule has 3 aromatic heterocycles. The van der Waals surface area contributed by atoms with Gasteiger partial charge in [0.2, 0.25) is 0 Å². The molecule has 29 heavy (non-hydrogen) atoms. The predicted octanol–water partition coefficient (Wildman–Crippen LogP) is 2.95. The van der Waals surface area contributed by atoms with E-state index in [0.29, 0.717) is 18.2 Å². The molecular formula is C19H21IN8O. The van der Waals surface area contributed by atoms with Gasteiger partial charge in [0.1, 0.15) is 5.82 Å². The highest BCUT2D eigenvalue weighted by atomic mass is 127. The lowest BCUT2D eigenvalue weighted by molar-refractivity contribution is 0.248. The number of aryl methyl sites for hydroxylation is 1. The minimum absolute atomic E-state index is 0.200. The summed E-state index contributed by atoms with van der Waals surface area (Å²) in [6.45, 7) is 3.35. The SMILES string of the molecule is O=C1N(c2cnn(CCCI)c2)Cc2nc(-c3ccc(N4CCCC4)nc3)nn21. The van der Waals surface area contributed by atoms with Crippen LogP contribution in [-0.2, 0) is 13.1 Å². The van der Waals surface area contributed by atoms with Crippen LogP contribution in [0.5, 0.6) is 0 Å². The molecule has 0 saturated carbocycles. The number of nitrogens with zero attached hydrogens (tertiary/aromatic N) is 8. The van der Waals surface area contributed by atoms with E-state index in [2.05, 4.69) is 47.7 Å². The average Bonchev–Trinajstić information content (AvgIpc) is 3.52. The molecule has 5 heterocycles. The molecule has 2 aliphatic rings. The number of amides is 1. The maximum Gasteiger partial charge on any atom is 0.351 e. The number of halogens is 1. The molecule has 0 bridgehead atoms. The standard InChI is InChI=1S/C19H21IN8O/c20-6-3-9-26-12-15(11-22-26)27-13-17-23-18(24-28(17)19(27)29)14-4-5-16(21-10-14)25-7-1-2-8-25/h4-5,10-12H,1-3,6-9,13H2. The van der Waals surface area contributed by atoms with Crippen LogP contribution in [0.15, 0.2) is 30.7 Å². The molecule has 2 aliphatic heterocycles. The van der Waals surface area contributed by atoms with Gasteiger partial charge >= 0.3 is 6.03 Å². The molecule has 0 N–H and O–H groups in total. The Kier molecular flexibility index (Phi) is 4.94. The van der Waals surface area contributed by atoms with Crippen LogP contribution in [0, 0.1) is 0 Å². The lowest BCUT2D eigenvalue weighted by atomic mass is 10.2. The van der Waals surface area contributed by atoms with E-state index in [1.807, 2.05) is 23.0 Å². The van der Waals surface area contributed by atoms with Crippen molar-refractivity contribution < 1.29 is 4.79 Å². The van der Waals surface area contributed by atoms with Gasteiger partial charge in [-0.3, -0.25) is 9.58 Å². The molecule has 0 atom stereocenters. The van der Waals surface area contributed by atoms with Gasteiger partial charge in [0.15, 0.2) is 11.6 Å². The number of rotatable bonds is 6. The van der Waals surface area contributed by atoms with Crippen LogP contribution in [0.2, 0.25) is 0 Å². The second kappa shape index (κ2) is 7.73. The van der Waals surface area contributed by atoms with Gasteiger partial charge in [0.05, 0.1) is 18.4 Å². The maximum atomic E-state index is 12.8. The highest BCUT2D eigenvalue weighted by molar-refractivity contribution is 14.1. The van der Waals surface area contributed by atoms with Crippen molar-refractivity contribution in [3.63, 3.8) is 0 Å². The van der Waals surface area contributed by atoms with Crippen molar-refractivity contribution in [1.29, 1.82) is 0 Å². The topological polar surface area (TPSA) is 85.0 Å². The maximum absolute atomic E-state index is 12.8. The number of fused-ring (bicyclic) bond motifs is 1. The van der Waals surface area contributed by atoms with Crippen molar-refractivity contribution in [2.45, 2.75) is 32.4 Å². The normalized spacial score (nSPS) is 16.1. The van der Waals surface area contributed by atoms with Gasteiger partial charge in [0, 0.05) is 42.0 Å². The highest BCUT2D eigenvalue weighted by Crippen LogP contribution is 2.26. The molecule has 0 spiro atoms. The van der Waals surface area contributed by atoms with E-state index < -0.39 is 0 Å². The van der Waals surface area contributed by atoms with Crippen LogP contribution >= 0.6 is 22.6 Å². The highest BCUT2D eigenvalue weighted by Gasteiger charge is 2.32. The first-order valence-corrected chi connectivity index (χ1v) is 11.3. The summed E-state index contributed by atoms with van der Waals surface area (Å²) in [4.78, 5) is 25.9. The Morgan fingerprint density at radius 1 is 1.14 bits per heavy atom. The third-order valence-corrected chi connectivity index (χ3v) is 6.04. The van der Waals surface area contributed by atoms with Crippen LogP contribution in [0.25, 0.3) is 11.4 Å². The zero-order valence-corrected chi connectivity index (χ0v) is 18.1. The van der Waals surface area contributed by atoms with E-state index in [0.717, 1.165) is 47.6 Å². The van der Waals surface area contributed by atoms with Gasteiger partial charge in [-0.15, -0.1) is 5.10 Å². The van der Waals surface area contributed by atoms with E-state index in [1.165, 1.54) is 17.5 Å². The molecular weight excluding hydrogens is 483 g/mol. The minimum atomic E-state index is -0.200. The Labute approximate surface area is 181 Å². The molecule has 9 nitrogen and oxygen atoms in total. The first-order chi connectivity index (χ1) is 14.2. The van der Waals surface area contributed by atoms with Crippen LogP contribution < -0.4 is 9.80 Å². The van der Waals surface area contributed by atoms with Gasteiger partial charge in [-0.05, 0) is 31.4 Å². The Balaban J connectivity index is 1.32. The molecule has 0 radical (unpaired) electrons. The number of aromatic nitrogens is 6. The Hall–Kier alpha value is -2.50. The zero-order valence-electron chi connectivity index (χ0n) is 15.9. The molecule has 1 fully saturated rings. The van der Waals surface area contributed by atoms with Gasteiger partial charge < -0.3 is 4.90 Å². The molecule has 5 rings (SSSR count). The molecule has 150 valence electrons. The third-order valence-electron chi connectivity index (χ3n) is 5.27. The number of hydrogen-bond donors (Lipinski definition) is 0. The van der Waals surface area contributed by atoms with Gasteiger partial charge in [-0.2, -0.15) is 9.78 Å². The monoisotopic (exact) mass is 504 g/mol. The first-order valence-electron chi connectivity index (χ1n) is 9.80. The summed E-state index contributed by atoms with van der Waals surface area (Å²) in [7, 11) is 0. The molecule has 10 heteroatoms. The van der Waals surface area contributed by atoms with Crippen LogP contribution in [0.1, 0.15) is 25.1 Å². The van der Waals surface area contributed by atoms with E-state index in [4.69, 9.17) is 0 Å². The lowest BCUT2D eigenvalue weighted by Crippen LogP contribution is -2.26. The van der Waals surface area contributed by atoms with Crippen molar-refractivity contribution in [2.75, 3.05) is 27.3 Å². The second-order valence-electron chi connectivity index (χ2n) is 7.24. The molecule has 3 aromatic rings.